The van der Waals surface area contributed by atoms with Crippen molar-refractivity contribution in [3.8, 4) is 0 Å². The van der Waals surface area contributed by atoms with Crippen LogP contribution in [0.2, 0.25) is 0 Å². The lowest BCUT2D eigenvalue weighted by Crippen LogP contribution is -2.02. The van der Waals surface area contributed by atoms with Gasteiger partial charge in [-0.2, -0.15) is 0 Å². The molecule has 0 bridgehead atoms. The topological polar surface area (TPSA) is 44.5 Å². The van der Waals surface area contributed by atoms with E-state index >= 15 is 0 Å². The minimum absolute atomic E-state index is 0.648. The number of anilines is 1. The van der Waals surface area contributed by atoms with Crippen LogP contribution in [0.4, 0.5) is 5.69 Å². The molecule has 0 aromatic heterocycles. The average Bonchev–Trinajstić information content (AvgIpc) is 2.30. The molecule has 0 aliphatic heterocycles. The number of benzene rings is 1. The summed E-state index contributed by atoms with van der Waals surface area (Å²) in [6.07, 6.45) is 4.98. The zero-order valence-corrected chi connectivity index (χ0v) is 9.69. The van der Waals surface area contributed by atoms with Crippen LogP contribution in [0.1, 0.15) is 12.0 Å². The van der Waals surface area contributed by atoms with E-state index < -0.39 is 0 Å². The highest BCUT2D eigenvalue weighted by molar-refractivity contribution is 5.63. The molecule has 1 rings (SSSR count). The third-order valence-electron chi connectivity index (χ3n) is 2.15. The van der Waals surface area contributed by atoms with Crippen LogP contribution >= 0.6 is 0 Å². The molecule has 0 atom stereocenters. The molecule has 3 nitrogen and oxygen atoms in total. The number of hydrogen-bond acceptors (Lipinski definition) is 3. The summed E-state index contributed by atoms with van der Waals surface area (Å²) in [5.74, 6) is 0. The first-order valence-corrected chi connectivity index (χ1v) is 5.42. The molecule has 16 heavy (non-hydrogen) atoms. The van der Waals surface area contributed by atoms with Crippen molar-refractivity contribution in [2.24, 2.45) is 0 Å². The predicted octanol–water partition coefficient (Wildman–Crippen LogP) is 2.34. The number of hydrogen-bond donors (Lipinski definition) is 1. The maximum Gasteiger partial charge on any atom is 0.0700 e. The predicted molar refractivity (Wildman–Crippen MR) is 67.2 cm³/mol. The van der Waals surface area contributed by atoms with Gasteiger partial charge < -0.3 is 15.2 Å². The monoisotopic (exact) mass is 221 g/mol. The van der Waals surface area contributed by atoms with E-state index in [9.17, 15) is 0 Å². The maximum absolute atomic E-state index is 5.80. The first-order chi connectivity index (χ1) is 7.84. The summed E-state index contributed by atoms with van der Waals surface area (Å²) in [6.45, 7) is 2.01. The molecule has 0 aliphatic rings. The molecule has 0 spiro atoms. The maximum atomic E-state index is 5.80. The van der Waals surface area contributed by atoms with Gasteiger partial charge in [0.25, 0.3) is 0 Å². The van der Waals surface area contributed by atoms with E-state index in [1.54, 1.807) is 7.11 Å². The fourth-order valence-corrected chi connectivity index (χ4v) is 1.27. The summed E-state index contributed by atoms with van der Waals surface area (Å²) in [5.41, 5.74) is 7.66. The van der Waals surface area contributed by atoms with E-state index in [0.717, 1.165) is 17.7 Å². The van der Waals surface area contributed by atoms with Crippen LogP contribution in [-0.2, 0) is 9.47 Å². The molecule has 0 unspecified atom stereocenters. The van der Waals surface area contributed by atoms with Crippen LogP contribution < -0.4 is 5.73 Å². The third kappa shape index (κ3) is 4.96. The van der Waals surface area contributed by atoms with Gasteiger partial charge in [-0.3, -0.25) is 0 Å². The summed E-state index contributed by atoms with van der Waals surface area (Å²) in [5, 5.41) is 0. The van der Waals surface area contributed by atoms with Crippen molar-refractivity contribution in [2.45, 2.75) is 6.42 Å². The van der Waals surface area contributed by atoms with Crippen molar-refractivity contribution in [2.75, 3.05) is 32.7 Å². The van der Waals surface area contributed by atoms with Crippen molar-refractivity contribution in [1.82, 2.24) is 0 Å². The first-order valence-electron chi connectivity index (χ1n) is 5.42. The molecule has 0 heterocycles. The Morgan fingerprint density at radius 2 is 2.00 bits per heavy atom. The second-order valence-corrected chi connectivity index (χ2v) is 3.43. The molecule has 88 valence electrons. The van der Waals surface area contributed by atoms with Gasteiger partial charge in [0, 0.05) is 12.8 Å². The Labute approximate surface area is 96.9 Å². The molecular weight excluding hydrogens is 202 g/mol. The number of ether oxygens (including phenoxy) is 2. The van der Waals surface area contributed by atoms with Gasteiger partial charge in [-0.25, -0.2) is 0 Å². The lowest BCUT2D eigenvalue weighted by Gasteiger charge is -2.01. The van der Waals surface area contributed by atoms with E-state index in [1.807, 2.05) is 30.3 Å². The van der Waals surface area contributed by atoms with Gasteiger partial charge in [-0.05, 0) is 18.1 Å². The zero-order chi connectivity index (χ0) is 11.6. The Hall–Kier alpha value is -1.32. The van der Waals surface area contributed by atoms with Crippen molar-refractivity contribution >= 4 is 11.8 Å². The largest absolute Gasteiger partial charge is 0.398 e. The molecule has 0 aliphatic carbocycles. The van der Waals surface area contributed by atoms with Gasteiger partial charge in [-0.15, -0.1) is 0 Å². The fraction of sp³-hybridized carbons (Fsp3) is 0.385. The van der Waals surface area contributed by atoms with E-state index in [4.69, 9.17) is 15.2 Å². The fourth-order valence-electron chi connectivity index (χ4n) is 1.27. The van der Waals surface area contributed by atoms with Crippen molar-refractivity contribution in [3.63, 3.8) is 0 Å². The lowest BCUT2D eigenvalue weighted by atomic mass is 10.1. The highest BCUT2D eigenvalue weighted by atomic mass is 16.5. The summed E-state index contributed by atoms with van der Waals surface area (Å²) in [7, 11) is 1.67. The van der Waals surface area contributed by atoms with Gasteiger partial charge in [0.15, 0.2) is 0 Å². The Morgan fingerprint density at radius 3 is 2.75 bits per heavy atom. The quantitative estimate of drug-likeness (QED) is 0.567. The summed E-state index contributed by atoms with van der Waals surface area (Å²) >= 11 is 0. The van der Waals surface area contributed by atoms with E-state index in [-0.39, 0.29) is 0 Å². The van der Waals surface area contributed by atoms with Gasteiger partial charge in [0.2, 0.25) is 0 Å². The normalized spacial score (nSPS) is 11.1. The number of nitrogen functional groups attached to an aromatic ring is 1. The molecule has 0 saturated carbocycles. The van der Waals surface area contributed by atoms with Crippen molar-refractivity contribution < 1.29 is 9.47 Å². The van der Waals surface area contributed by atoms with Crippen molar-refractivity contribution in [3.05, 3.63) is 35.9 Å². The second kappa shape index (κ2) is 7.91. The minimum Gasteiger partial charge on any atom is -0.398 e. The van der Waals surface area contributed by atoms with Crippen LogP contribution in [-0.4, -0.2) is 26.9 Å². The van der Waals surface area contributed by atoms with E-state index in [0.29, 0.717) is 19.8 Å². The number of rotatable bonds is 7. The summed E-state index contributed by atoms with van der Waals surface area (Å²) in [6, 6.07) is 7.80. The Balaban J connectivity index is 2.20. The molecule has 0 amide bonds. The Kier molecular flexibility index (Phi) is 6.30. The molecular formula is C13H19NO2. The number of para-hydroxylation sites is 1. The van der Waals surface area contributed by atoms with Crippen LogP contribution in [0, 0.1) is 0 Å². The first kappa shape index (κ1) is 12.7. The molecule has 1 aromatic carbocycles. The van der Waals surface area contributed by atoms with Gasteiger partial charge in [-0.1, -0.05) is 30.4 Å². The van der Waals surface area contributed by atoms with Gasteiger partial charge in [0.05, 0.1) is 19.8 Å². The molecule has 3 heteroatoms. The highest BCUT2D eigenvalue weighted by Crippen LogP contribution is 2.12. The van der Waals surface area contributed by atoms with Gasteiger partial charge >= 0.3 is 0 Å². The SMILES string of the molecule is COCCOCC/C=C\c1ccccc1N. The highest BCUT2D eigenvalue weighted by Gasteiger charge is 1.91. The van der Waals surface area contributed by atoms with Crippen LogP contribution in [0.3, 0.4) is 0 Å². The Morgan fingerprint density at radius 1 is 1.19 bits per heavy atom. The molecule has 2 N–H and O–H groups in total. The van der Waals surface area contributed by atoms with Gasteiger partial charge in [0.1, 0.15) is 0 Å². The minimum atomic E-state index is 0.648. The van der Waals surface area contributed by atoms with Crippen LogP contribution in [0.15, 0.2) is 30.3 Å². The third-order valence-corrected chi connectivity index (χ3v) is 2.15. The number of methoxy groups -OCH3 is 1. The average molecular weight is 221 g/mol. The molecule has 0 fully saturated rings. The van der Waals surface area contributed by atoms with Crippen LogP contribution in [0.5, 0.6) is 0 Å². The van der Waals surface area contributed by atoms with E-state index in [2.05, 4.69) is 6.08 Å². The summed E-state index contributed by atoms with van der Waals surface area (Å²) in [4.78, 5) is 0. The molecule has 0 radical (unpaired) electrons. The molecule has 1 aromatic rings. The number of nitrogens with two attached hydrogens (primary N) is 1. The summed E-state index contributed by atoms with van der Waals surface area (Å²) < 4.78 is 10.2. The smallest absolute Gasteiger partial charge is 0.0700 e. The van der Waals surface area contributed by atoms with Crippen LogP contribution in [0.25, 0.3) is 6.08 Å². The lowest BCUT2D eigenvalue weighted by molar-refractivity contribution is 0.0731. The van der Waals surface area contributed by atoms with E-state index in [1.165, 1.54) is 0 Å². The molecule has 0 saturated heterocycles. The van der Waals surface area contributed by atoms with Crippen molar-refractivity contribution in [1.29, 1.82) is 0 Å². The standard InChI is InChI=1S/C13H19NO2/c1-15-10-11-16-9-5-4-7-12-6-2-3-8-13(12)14/h2-4,6-8H,5,9-11,14H2,1H3/b7-4-. The zero-order valence-electron chi connectivity index (χ0n) is 9.69. The second-order valence-electron chi connectivity index (χ2n) is 3.43. The Bertz CT molecular complexity index is 323.